The van der Waals surface area contributed by atoms with Gasteiger partial charge in [0.25, 0.3) is 15.9 Å². The number of benzene rings is 1. The fourth-order valence-electron chi connectivity index (χ4n) is 3.75. The van der Waals surface area contributed by atoms with Crippen LogP contribution in [0.1, 0.15) is 55.8 Å². The zero-order valence-corrected chi connectivity index (χ0v) is 16.8. The second-order valence-electron chi connectivity index (χ2n) is 7.58. The van der Waals surface area contributed by atoms with Crippen molar-refractivity contribution in [3.8, 4) is 0 Å². The fourth-order valence-corrected chi connectivity index (χ4v) is 4.99. The third-order valence-corrected chi connectivity index (χ3v) is 6.75. The molecule has 0 bridgehead atoms. The zero-order valence-electron chi connectivity index (χ0n) is 16.0. The number of sulfonamides is 1. The average Bonchev–Trinajstić information content (AvgIpc) is 2.67. The van der Waals surface area contributed by atoms with E-state index in [0.29, 0.717) is 11.3 Å². The van der Waals surface area contributed by atoms with E-state index in [1.165, 1.54) is 6.42 Å². The molecular formula is C21H28N2O3S. The maximum atomic E-state index is 12.8. The summed E-state index contributed by atoms with van der Waals surface area (Å²) in [5, 5.41) is 0. The van der Waals surface area contributed by atoms with E-state index < -0.39 is 10.0 Å². The van der Waals surface area contributed by atoms with E-state index in [2.05, 4.69) is 4.72 Å². The highest BCUT2D eigenvalue weighted by Gasteiger charge is 2.24. The summed E-state index contributed by atoms with van der Waals surface area (Å²) in [5.41, 5.74) is 0.912. The minimum atomic E-state index is -3.65. The molecule has 0 saturated heterocycles. The summed E-state index contributed by atoms with van der Waals surface area (Å²) in [5.74, 6) is 0.131. The van der Waals surface area contributed by atoms with Crippen LogP contribution in [0.25, 0.3) is 0 Å². The van der Waals surface area contributed by atoms with Crippen LogP contribution in [0.3, 0.4) is 0 Å². The molecule has 1 N–H and O–H groups in total. The lowest BCUT2D eigenvalue weighted by Gasteiger charge is -2.31. The lowest BCUT2D eigenvalue weighted by Crippen LogP contribution is -2.38. The number of anilines is 1. The molecule has 1 fully saturated rings. The molecule has 1 aromatic carbocycles. The van der Waals surface area contributed by atoms with Crippen molar-refractivity contribution in [2.45, 2.75) is 51.5 Å². The Morgan fingerprint density at radius 1 is 1.19 bits per heavy atom. The summed E-state index contributed by atoms with van der Waals surface area (Å²) >= 11 is 0. The fraction of sp³-hybridized carbons (Fsp3) is 0.476. The summed E-state index contributed by atoms with van der Waals surface area (Å²) in [6.07, 6.45) is 11.7. The molecule has 2 aliphatic rings. The molecule has 3 rings (SSSR count). The number of nitrogens with zero attached hydrogens (tertiary/aromatic N) is 1. The average molecular weight is 389 g/mol. The zero-order chi connectivity index (χ0) is 19.4. The summed E-state index contributed by atoms with van der Waals surface area (Å²) in [6.45, 7) is 1.99. The summed E-state index contributed by atoms with van der Waals surface area (Å²) in [6, 6.07) is 7.02. The minimum absolute atomic E-state index is 0.0617. The molecule has 27 heavy (non-hydrogen) atoms. The molecule has 6 heteroatoms. The third-order valence-electron chi connectivity index (χ3n) is 5.35. The molecule has 1 atom stereocenters. The Labute approximate surface area is 162 Å². The Kier molecular flexibility index (Phi) is 6.05. The molecule has 5 nitrogen and oxygen atoms in total. The molecule has 0 radical (unpaired) electrons. The highest BCUT2D eigenvalue weighted by molar-refractivity contribution is 7.96. The van der Waals surface area contributed by atoms with Gasteiger partial charge in [0.15, 0.2) is 0 Å². The van der Waals surface area contributed by atoms with Crippen LogP contribution < -0.4 is 4.72 Å². The van der Waals surface area contributed by atoms with Crippen molar-refractivity contribution in [3.63, 3.8) is 0 Å². The van der Waals surface area contributed by atoms with E-state index in [0.717, 1.165) is 32.1 Å². The van der Waals surface area contributed by atoms with Crippen molar-refractivity contribution >= 4 is 21.6 Å². The third kappa shape index (κ3) is 4.80. The van der Waals surface area contributed by atoms with Gasteiger partial charge in [0.2, 0.25) is 0 Å². The minimum Gasteiger partial charge on any atom is -0.339 e. The monoisotopic (exact) mass is 388 g/mol. The normalized spacial score (nSPS) is 20.8. The highest BCUT2D eigenvalue weighted by atomic mass is 32.2. The predicted octanol–water partition coefficient (Wildman–Crippen LogP) is 4.31. The molecule has 0 aliphatic heterocycles. The van der Waals surface area contributed by atoms with Crippen LogP contribution in [0.15, 0.2) is 47.4 Å². The van der Waals surface area contributed by atoms with Crippen molar-refractivity contribution in [1.82, 2.24) is 4.90 Å². The summed E-state index contributed by atoms with van der Waals surface area (Å²) in [4.78, 5) is 14.9. The Morgan fingerprint density at radius 3 is 2.63 bits per heavy atom. The number of carbonyl (C=O) groups excluding carboxylic acids is 1. The van der Waals surface area contributed by atoms with Crippen molar-refractivity contribution in [2.24, 2.45) is 5.92 Å². The number of hydrogen-bond acceptors (Lipinski definition) is 3. The molecule has 1 aromatic rings. The predicted molar refractivity (Wildman–Crippen MR) is 109 cm³/mol. The number of nitrogens with one attached hydrogen (secondary N) is 1. The first-order valence-electron chi connectivity index (χ1n) is 9.65. The van der Waals surface area contributed by atoms with Gasteiger partial charge in [-0.3, -0.25) is 9.52 Å². The smallest absolute Gasteiger partial charge is 0.261 e. The van der Waals surface area contributed by atoms with Gasteiger partial charge in [-0.05, 0) is 49.5 Å². The van der Waals surface area contributed by atoms with Gasteiger partial charge in [0.05, 0.1) is 4.91 Å². The maximum Gasteiger partial charge on any atom is 0.261 e. The van der Waals surface area contributed by atoms with E-state index >= 15 is 0 Å². The van der Waals surface area contributed by atoms with Crippen molar-refractivity contribution in [3.05, 3.63) is 53.0 Å². The second-order valence-corrected chi connectivity index (χ2v) is 9.26. The molecule has 0 aromatic heterocycles. The first-order valence-corrected chi connectivity index (χ1v) is 11.1. The van der Waals surface area contributed by atoms with E-state index in [1.807, 2.05) is 20.0 Å². The number of carbonyl (C=O) groups is 1. The molecule has 1 saturated carbocycles. The molecule has 0 heterocycles. The molecule has 2 aliphatic carbocycles. The van der Waals surface area contributed by atoms with Crippen LogP contribution in [0.2, 0.25) is 0 Å². The molecule has 0 spiro atoms. The Morgan fingerprint density at radius 2 is 1.93 bits per heavy atom. The first-order chi connectivity index (χ1) is 12.9. The largest absolute Gasteiger partial charge is 0.339 e. The van der Waals surface area contributed by atoms with Gasteiger partial charge in [0, 0.05) is 24.3 Å². The molecule has 1 amide bonds. The Balaban J connectivity index is 1.75. The summed E-state index contributed by atoms with van der Waals surface area (Å²) < 4.78 is 27.9. The van der Waals surface area contributed by atoms with Crippen LogP contribution in [0.5, 0.6) is 0 Å². The molecule has 146 valence electrons. The van der Waals surface area contributed by atoms with Crippen LogP contribution in [0.4, 0.5) is 5.69 Å². The van der Waals surface area contributed by atoms with Gasteiger partial charge < -0.3 is 4.90 Å². The molecule has 1 unspecified atom stereocenters. The van der Waals surface area contributed by atoms with Crippen LogP contribution in [-0.2, 0) is 10.0 Å². The number of hydrogen-bond donors (Lipinski definition) is 1. The van der Waals surface area contributed by atoms with Crippen molar-refractivity contribution in [1.29, 1.82) is 0 Å². The Hall–Kier alpha value is -2.08. The van der Waals surface area contributed by atoms with Gasteiger partial charge >= 0.3 is 0 Å². The summed E-state index contributed by atoms with van der Waals surface area (Å²) in [7, 11) is -1.81. The van der Waals surface area contributed by atoms with Gasteiger partial charge in [-0.25, -0.2) is 8.42 Å². The second kappa shape index (κ2) is 8.30. The van der Waals surface area contributed by atoms with E-state index in [4.69, 9.17) is 0 Å². The van der Waals surface area contributed by atoms with Gasteiger partial charge in [-0.15, -0.1) is 0 Å². The van der Waals surface area contributed by atoms with Crippen LogP contribution in [0, 0.1) is 5.92 Å². The number of rotatable bonds is 5. The van der Waals surface area contributed by atoms with E-state index in [-0.39, 0.29) is 22.8 Å². The van der Waals surface area contributed by atoms with E-state index in [1.54, 1.807) is 41.3 Å². The van der Waals surface area contributed by atoms with E-state index in [9.17, 15) is 13.2 Å². The number of amides is 1. The van der Waals surface area contributed by atoms with Crippen molar-refractivity contribution < 1.29 is 13.2 Å². The topological polar surface area (TPSA) is 66.5 Å². The lowest BCUT2D eigenvalue weighted by molar-refractivity contribution is 0.0696. The Bertz CT molecular complexity index is 852. The van der Waals surface area contributed by atoms with Crippen LogP contribution in [-0.4, -0.2) is 32.3 Å². The standard InChI is InChI=1S/C21H28N2O3S/c1-16-8-6-13-20(14-16)27(25,26)22-18-10-7-9-17(15-18)21(24)23(2)19-11-4-3-5-12-19/h6-7,9-10,13-16,19,22H,3-5,8,11-12H2,1-2H3. The van der Waals surface area contributed by atoms with Crippen LogP contribution >= 0.6 is 0 Å². The first kappa shape index (κ1) is 19.7. The highest BCUT2D eigenvalue weighted by Crippen LogP contribution is 2.25. The maximum absolute atomic E-state index is 12.8. The van der Waals surface area contributed by atoms with Gasteiger partial charge in [-0.2, -0.15) is 0 Å². The van der Waals surface area contributed by atoms with Gasteiger partial charge in [-0.1, -0.05) is 44.4 Å². The molecular weight excluding hydrogens is 360 g/mol. The van der Waals surface area contributed by atoms with Gasteiger partial charge in [0.1, 0.15) is 0 Å². The quantitative estimate of drug-likeness (QED) is 0.817. The van der Waals surface area contributed by atoms with Crippen molar-refractivity contribution in [2.75, 3.05) is 11.8 Å². The lowest BCUT2D eigenvalue weighted by atomic mass is 9.94. The SMILES string of the molecule is CC1C=C(S(=O)(=O)Nc2cccc(C(=O)N(C)C3CCCCC3)c2)C=CC1. The number of allylic oxidation sites excluding steroid dienone is 3.